The molecule has 0 saturated heterocycles. The van der Waals surface area contributed by atoms with Crippen LogP contribution in [0.4, 0.5) is 0 Å². The third-order valence-electron chi connectivity index (χ3n) is 3.63. The molecular weight excluding hydrogens is 319 g/mol. The molecule has 1 unspecified atom stereocenters. The van der Waals surface area contributed by atoms with Gasteiger partial charge in [0.25, 0.3) is 0 Å². The van der Waals surface area contributed by atoms with Crippen molar-refractivity contribution in [3.05, 3.63) is 71.3 Å². The lowest BCUT2D eigenvalue weighted by molar-refractivity contribution is 0.138. The van der Waals surface area contributed by atoms with Gasteiger partial charge in [0.2, 0.25) is 0 Å². The second-order valence-corrected chi connectivity index (χ2v) is 8.54. The van der Waals surface area contributed by atoms with Crippen LogP contribution >= 0.6 is 7.60 Å². The van der Waals surface area contributed by atoms with E-state index in [0.717, 1.165) is 16.7 Å². The van der Waals surface area contributed by atoms with Crippen LogP contribution in [0.3, 0.4) is 0 Å². The number of rotatable bonds is 7. The Morgan fingerprint density at radius 1 is 0.792 bits per heavy atom. The third-order valence-corrected chi connectivity index (χ3v) is 6.27. The summed E-state index contributed by atoms with van der Waals surface area (Å²) in [5.74, 6) is 0. The fourth-order valence-corrected chi connectivity index (χ4v) is 5.43. The lowest BCUT2D eigenvalue weighted by Gasteiger charge is -2.31. The summed E-state index contributed by atoms with van der Waals surface area (Å²) in [4.78, 5) is 0. The Labute approximate surface area is 145 Å². The lowest BCUT2D eigenvalue weighted by Crippen LogP contribution is -2.15. The maximum atomic E-state index is 13.8. The largest absolute Gasteiger partial charge is 0.342 e. The van der Waals surface area contributed by atoms with E-state index in [4.69, 9.17) is 9.05 Å². The summed E-state index contributed by atoms with van der Waals surface area (Å²) in [6.07, 6.45) is -0.380. The minimum absolute atomic E-state index is 0.190. The first kappa shape index (κ1) is 18.9. The van der Waals surface area contributed by atoms with Crippen LogP contribution in [0.2, 0.25) is 0 Å². The highest BCUT2D eigenvalue weighted by Gasteiger charge is 2.40. The summed E-state index contributed by atoms with van der Waals surface area (Å²) in [5, 5.41) is 0. The monoisotopic (exact) mass is 346 g/mol. The van der Waals surface area contributed by atoms with Crippen molar-refractivity contribution in [3.8, 4) is 0 Å². The Balaban J connectivity index is 2.63. The smallest absolute Gasteiger partial charge is 0.305 e. The van der Waals surface area contributed by atoms with Crippen molar-refractivity contribution in [1.29, 1.82) is 0 Å². The van der Waals surface area contributed by atoms with E-state index in [1.54, 1.807) is 0 Å². The van der Waals surface area contributed by atoms with Gasteiger partial charge in [-0.05, 0) is 51.3 Å². The van der Waals surface area contributed by atoms with Gasteiger partial charge in [0.1, 0.15) is 5.66 Å². The summed E-state index contributed by atoms with van der Waals surface area (Å²) in [6, 6.07) is 17.8. The minimum atomic E-state index is -3.41. The Morgan fingerprint density at radius 2 is 1.29 bits per heavy atom. The van der Waals surface area contributed by atoms with E-state index >= 15 is 0 Å². The molecule has 0 aliphatic carbocycles. The highest BCUT2D eigenvalue weighted by Crippen LogP contribution is 2.65. The molecule has 0 amide bonds. The van der Waals surface area contributed by atoms with Crippen LogP contribution in [0.5, 0.6) is 0 Å². The van der Waals surface area contributed by atoms with Crippen molar-refractivity contribution < 1.29 is 13.6 Å². The first-order chi connectivity index (χ1) is 11.3. The van der Waals surface area contributed by atoms with Gasteiger partial charge in [0.05, 0.1) is 12.2 Å². The number of benzene rings is 2. The molecule has 24 heavy (non-hydrogen) atoms. The van der Waals surface area contributed by atoms with Crippen LogP contribution in [0.15, 0.2) is 54.6 Å². The van der Waals surface area contributed by atoms with Gasteiger partial charge < -0.3 is 9.05 Å². The van der Waals surface area contributed by atoms with Gasteiger partial charge in [-0.25, -0.2) is 0 Å². The average molecular weight is 346 g/mol. The Bertz CT molecular complexity index is 681. The predicted octanol–water partition coefficient (Wildman–Crippen LogP) is 6.13. The van der Waals surface area contributed by atoms with Gasteiger partial charge in [0, 0.05) is 0 Å². The van der Waals surface area contributed by atoms with E-state index in [2.05, 4.69) is 0 Å². The molecule has 0 fully saturated rings. The van der Waals surface area contributed by atoms with Gasteiger partial charge in [0.15, 0.2) is 0 Å². The molecule has 0 N–H and O–H groups in total. The molecule has 4 heteroatoms. The fourth-order valence-electron chi connectivity index (χ4n) is 2.80. The zero-order chi connectivity index (χ0) is 17.7. The molecule has 2 aromatic carbocycles. The van der Waals surface area contributed by atoms with Crippen LogP contribution in [-0.2, 0) is 13.6 Å². The van der Waals surface area contributed by atoms with Gasteiger partial charge in [-0.2, -0.15) is 0 Å². The summed E-state index contributed by atoms with van der Waals surface area (Å²) in [7, 11) is -3.41. The highest BCUT2D eigenvalue weighted by atomic mass is 31.2. The summed E-state index contributed by atoms with van der Waals surface area (Å²) in [5.41, 5.74) is 2.56. The van der Waals surface area contributed by atoms with Gasteiger partial charge >= 0.3 is 7.60 Å². The molecule has 0 aliphatic rings. The second-order valence-electron chi connectivity index (χ2n) is 6.52. The molecule has 2 aromatic rings. The van der Waals surface area contributed by atoms with E-state index in [1.807, 2.05) is 89.2 Å². The molecule has 0 aliphatic heterocycles. The van der Waals surface area contributed by atoms with Crippen molar-refractivity contribution in [2.45, 2.75) is 52.5 Å². The normalized spacial score (nSPS) is 13.5. The SMILES string of the molecule is Cc1ccccc1C(c1ccccc1)P(=O)(OC(C)C)OC(C)C. The molecule has 2 rings (SSSR count). The van der Waals surface area contributed by atoms with Crippen LogP contribution < -0.4 is 0 Å². The zero-order valence-electron chi connectivity index (χ0n) is 15.1. The van der Waals surface area contributed by atoms with Gasteiger partial charge in [-0.3, -0.25) is 4.57 Å². The second kappa shape index (κ2) is 8.11. The molecule has 0 bridgehead atoms. The topological polar surface area (TPSA) is 35.5 Å². The molecule has 1 atom stereocenters. The Hall–Kier alpha value is -1.41. The summed E-state index contributed by atoms with van der Waals surface area (Å²) < 4.78 is 25.7. The van der Waals surface area contributed by atoms with E-state index in [9.17, 15) is 4.57 Å². The Kier molecular flexibility index (Phi) is 6.40. The molecule has 0 radical (unpaired) electrons. The lowest BCUT2D eigenvalue weighted by atomic mass is 10.0. The number of hydrogen-bond donors (Lipinski definition) is 0. The molecular formula is C20H27O3P. The van der Waals surface area contributed by atoms with E-state index < -0.39 is 13.3 Å². The summed E-state index contributed by atoms with van der Waals surface area (Å²) in [6.45, 7) is 9.57. The molecule has 0 aromatic heterocycles. The molecule has 0 spiro atoms. The third kappa shape index (κ3) is 4.57. The van der Waals surface area contributed by atoms with Crippen LogP contribution in [0, 0.1) is 6.92 Å². The van der Waals surface area contributed by atoms with E-state index in [1.165, 1.54) is 0 Å². The molecule has 3 nitrogen and oxygen atoms in total. The first-order valence-electron chi connectivity index (χ1n) is 8.40. The minimum Gasteiger partial charge on any atom is -0.305 e. The van der Waals surface area contributed by atoms with Crippen LogP contribution in [0.25, 0.3) is 0 Å². The zero-order valence-corrected chi connectivity index (χ0v) is 16.0. The van der Waals surface area contributed by atoms with E-state index in [0.29, 0.717) is 0 Å². The Morgan fingerprint density at radius 3 is 1.79 bits per heavy atom. The van der Waals surface area contributed by atoms with Gasteiger partial charge in [-0.15, -0.1) is 0 Å². The van der Waals surface area contributed by atoms with Crippen molar-refractivity contribution in [1.82, 2.24) is 0 Å². The van der Waals surface area contributed by atoms with Crippen molar-refractivity contribution >= 4 is 7.60 Å². The predicted molar refractivity (Wildman–Crippen MR) is 99.5 cm³/mol. The van der Waals surface area contributed by atoms with Crippen LogP contribution in [0.1, 0.15) is 50.0 Å². The molecule has 130 valence electrons. The number of hydrogen-bond acceptors (Lipinski definition) is 3. The molecule has 0 heterocycles. The van der Waals surface area contributed by atoms with E-state index in [-0.39, 0.29) is 12.2 Å². The fraction of sp³-hybridized carbons (Fsp3) is 0.400. The average Bonchev–Trinajstić information content (AvgIpc) is 2.48. The highest BCUT2D eigenvalue weighted by molar-refractivity contribution is 7.54. The van der Waals surface area contributed by atoms with Crippen molar-refractivity contribution in [2.24, 2.45) is 0 Å². The first-order valence-corrected chi connectivity index (χ1v) is 10.0. The van der Waals surface area contributed by atoms with Crippen molar-refractivity contribution in [3.63, 3.8) is 0 Å². The number of aryl methyl sites for hydroxylation is 1. The van der Waals surface area contributed by atoms with Crippen LogP contribution in [-0.4, -0.2) is 12.2 Å². The maximum Gasteiger partial charge on any atom is 0.342 e. The van der Waals surface area contributed by atoms with Gasteiger partial charge in [-0.1, -0.05) is 54.6 Å². The van der Waals surface area contributed by atoms with Crippen molar-refractivity contribution in [2.75, 3.05) is 0 Å². The summed E-state index contributed by atoms with van der Waals surface area (Å²) >= 11 is 0. The standard InChI is InChI=1S/C20H27O3P/c1-15(2)22-24(21,23-16(3)4)20(18-12-7-6-8-13-18)19-14-10-9-11-17(19)5/h6-16,20H,1-5H3. The molecule has 0 saturated carbocycles. The quantitative estimate of drug-likeness (QED) is 0.566. The maximum absolute atomic E-state index is 13.8.